The Labute approximate surface area is 212 Å². The van der Waals surface area contributed by atoms with E-state index in [0.717, 1.165) is 16.4 Å². The summed E-state index contributed by atoms with van der Waals surface area (Å²) < 4.78 is 42.3. The third-order valence-electron chi connectivity index (χ3n) is 5.86. The fourth-order valence-corrected chi connectivity index (χ4v) is 6.56. The van der Waals surface area contributed by atoms with Crippen LogP contribution in [0.25, 0.3) is 0 Å². The van der Waals surface area contributed by atoms with Gasteiger partial charge in [-0.25, -0.2) is 12.8 Å². The standard InChI is InChI=1S/C24H22Cl2FN3O4S/c1-13-10-22(14(2)9-16(13)25)35(33,34)30-20-6-4-3-5-19(20)29-24(32)21(30)12-23(31)28-18-8-7-15(27)11-17(18)26/h3-8,10-11,16,21H,9,12H2,1-2H3,(H,28,31)(H,29,32). The molecule has 1 heterocycles. The molecule has 7 nitrogen and oxygen atoms in total. The lowest BCUT2D eigenvalue weighted by atomic mass is 10.0. The van der Waals surface area contributed by atoms with E-state index in [0.29, 0.717) is 23.3 Å². The summed E-state index contributed by atoms with van der Waals surface area (Å²) in [5.74, 6) is -1.90. The van der Waals surface area contributed by atoms with Crippen molar-refractivity contribution in [1.29, 1.82) is 0 Å². The molecule has 2 aliphatic rings. The molecule has 2 N–H and O–H groups in total. The fourth-order valence-electron chi connectivity index (χ4n) is 4.05. The smallest absolute Gasteiger partial charge is 0.265 e. The van der Waals surface area contributed by atoms with Gasteiger partial charge in [-0.3, -0.25) is 13.9 Å². The van der Waals surface area contributed by atoms with Crippen molar-refractivity contribution in [2.75, 3.05) is 14.9 Å². The monoisotopic (exact) mass is 537 g/mol. The van der Waals surface area contributed by atoms with Gasteiger partial charge in [-0.15, -0.1) is 11.6 Å². The number of benzene rings is 2. The highest BCUT2D eigenvalue weighted by molar-refractivity contribution is 7.96. The highest BCUT2D eigenvalue weighted by atomic mass is 35.5. The first-order chi connectivity index (χ1) is 16.5. The average Bonchev–Trinajstić information content (AvgIpc) is 2.78. The molecule has 0 radical (unpaired) electrons. The zero-order valence-electron chi connectivity index (χ0n) is 18.8. The number of amides is 2. The van der Waals surface area contributed by atoms with Crippen LogP contribution in [-0.2, 0) is 19.6 Å². The fraction of sp³-hybridized carbons (Fsp3) is 0.250. The van der Waals surface area contributed by atoms with Crippen molar-refractivity contribution in [3.8, 4) is 0 Å². The summed E-state index contributed by atoms with van der Waals surface area (Å²) in [5.41, 5.74) is 1.93. The van der Waals surface area contributed by atoms with E-state index in [2.05, 4.69) is 10.6 Å². The molecular weight excluding hydrogens is 516 g/mol. The van der Waals surface area contributed by atoms with E-state index in [4.69, 9.17) is 23.2 Å². The Morgan fingerprint density at radius 2 is 1.94 bits per heavy atom. The molecule has 35 heavy (non-hydrogen) atoms. The number of para-hydroxylation sites is 2. The maximum absolute atomic E-state index is 14.0. The molecule has 2 amide bonds. The molecular formula is C24H22Cl2FN3O4S. The molecule has 1 aliphatic carbocycles. The SMILES string of the molecule is CC1=CC(S(=O)(=O)N2c3ccccc3NC(=O)C2CC(=O)Nc2ccc(F)cc2Cl)=C(C)CC1Cl. The highest BCUT2D eigenvalue weighted by Gasteiger charge is 2.43. The number of nitrogens with one attached hydrogen (secondary N) is 2. The Hall–Kier alpha value is -2.88. The third kappa shape index (κ3) is 4.94. The van der Waals surface area contributed by atoms with E-state index in [9.17, 15) is 22.4 Å². The van der Waals surface area contributed by atoms with E-state index < -0.39 is 40.1 Å². The average molecular weight is 538 g/mol. The van der Waals surface area contributed by atoms with Crippen LogP contribution in [0.1, 0.15) is 26.7 Å². The number of fused-ring (bicyclic) bond motifs is 1. The van der Waals surface area contributed by atoms with Crippen molar-refractivity contribution in [2.24, 2.45) is 0 Å². The summed E-state index contributed by atoms with van der Waals surface area (Å²) in [5, 5.41) is 4.85. The number of carbonyl (C=O) groups excluding carboxylic acids is 2. The first-order valence-electron chi connectivity index (χ1n) is 10.7. The number of halogens is 3. The van der Waals surface area contributed by atoms with Crippen LogP contribution in [0.3, 0.4) is 0 Å². The van der Waals surface area contributed by atoms with Gasteiger partial charge in [0.2, 0.25) is 11.8 Å². The lowest BCUT2D eigenvalue weighted by Crippen LogP contribution is -2.52. The van der Waals surface area contributed by atoms with Gasteiger partial charge in [0.15, 0.2) is 0 Å². The maximum Gasteiger partial charge on any atom is 0.265 e. The number of hydrogen-bond acceptors (Lipinski definition) is 4. The quantitative estimate of drug-likeness (QED) is 0.512. The minimum Gasteiger partial charge on any atom is -0.325 e. The van der Waals surface area contributed by atoms with Crippen molar-refractivity contribution in [3.05, 3.63) is 75.4 Å². The predicted molar refractivity (Wildman–Crippen MR) is 136 cm³/mol. The normalized spacial score (nSPS) is 20.2. The Kier molecular flexibility index (Phi) is 6.95. The second-order valence-electron chi connectivity index (χ2n) is 8.40. The Balaban J connectivity index is 1.74. The van der Waals surface area contributed by atoms with Gasteiger partial charge in [0.1, 0.15) is 11.9 Å². The van der Waals surface area contributed by atoms with Crippen LogP contribution in [0.15, 0.2) is 64.6 Å². The summed E-state index contributed by atoms with van der Waals surface area (Å²) in [6.07, 6.45) is 1.35. The number of anilines is 3. The van der Waals surface area contributed by atoms with Gasteiger partial charge < -0.3 is 10.6 Å². The van der Waals surface area contributed by atoms with Crippen molar-refractivity contribution in [1.82, 2.24) is 0 Å². The van der Waals surface area contributed by atoms with Crippen LogP contribution in [0.4, 0.5) is 21.5 Å². The number of sulfonamides is 1. The Morgan fingerprint density at radius 1 is 1.23 bits per heavy atom. The molecule has 184 valence electrons. The van der Waals surface area contributed by atoms with Gasteiger partial charge in [0.05, 0.1) is 38.8 Å². The Morgan fingerprint density at radius 3 is 2.66 bits per heavy atom. The number of alkyl halides is 1. The summed E-state index contributed by atoms with van der Waals surface area (Å²) in [4.78, 5) is 26.0. The molecule has 0 aromatic heterocycles. The first-order valence-corrected chi connectivity index (χ1v) is 13.0. The molecule has 0 saturated heterocycles. The molecule has 2 aromatic rings. The minimum atomic E-state index is -4.26. The van der Waals surface area contributed by atoms with E-state index in [-0.39, 0.29) is 26.7 Å². The molecule has 2 unspecified atom stereocenters. The zero-order chi connectivity index (χ0) is 25.5. The lowest BCUT2D eigenvalue weighted by Gasteiger charge is -2.37. The maximum atomic E-state index is 14.0. The van der Waals surface area contributed by atoms with E-state index in [1.54, 1.807) is 38.1 Å². The van der Waals surface area contributed by atoms with Gasteiger partial charge >= 0.3 is 0 Å². The number of hydrogen-bond donors (Lipinski definition) is 2. The zero-order valence-corrected chi connectivity index (χ0v) is 21.1. The molecule has 0 saturated carbocycles. The second-order valence-corrected chi connectivity index (χ2v) is 11.1. The van der Waals surface area contributed by atoms with Crippen LogP contribution < -0.4 is 14.9 Å². The summed E-state index contributed by atoms with van der Waals surface area (Å²) in [6, 6.07) is 8.53. The van der Waals surface area contributed by atoms with Crippen molar-refractivity contribution >= 4 is 62.1 Å². The summed E-state index contributed by atoms with van der Waals surface area (Å²) in [7, 11) is -4.26. The van der Waals surface area contributed by atoms with Crippen molar-refractivity contribution < 1.29 is 22.4 Å². The number of allylic oxidation sites excluding steroid dienone is 3. The molecule has 0 fully saturated rings. The van der Waals surface area contributed by atoms with E-state index in [1.807, 2.05) is 0 Å². The largest absolute Gasteiger partial charge is 0.325 e. The summed E-state index contributed by atoms with van der Waals surface area (Å²) >= 11 is 12.3. The number of carbonyl (C=O) groups is 2. The summed E-state index contributed by atoms with van der Waals surface area (Å²) in [6.45, 7) is 3.42. The molecule has 11 heteroatoms. The van der Waals surface area contributed by atoms with Crippen LogP contribution >= 0.6 is 23.2 Å². The van der Waals surface area contributed by atoms with Gasteiger partial charge in [0, 0.05) is 0 Å². The highest BCUT2D eigenvalue weighted by Crippen LogP contribution is 2.40. The van der Waals surface area contributed by atoms with Crippen LogP contribution in [0, 0.1) is 5.82 Å². The second kappa shape index (κ2) is 9.64. The topological polar surface area (TPSA) is 95.6 Å². The van der Waals surface area contributed by atoms with Crippen LogP contribution in [0.5, 0.6) is 0 Å². The predicted octanol–water partition coefficient (Wildman–Crippen LogP) is 5.20. The molecule has 0 bridgehead atoms. The lowest BCUT2D eigenvalue weighted by molar-refractivity contribution is -0.122. The van der Waals surface area contributed by atoms with Crippen molar-refractivity contribution in [3.63, 3.8) is 0 Å². The Bertz CT molecular complexity index is 1390. The number of nitrogens with zero attached hydrogens (tertiary/aromatic N) is 1. The van der Waals surface area contributed by atoms with Gasteiger partial charge in [-0.05, 0) is 56.7 Å². The first kappa shape index (κ1) is 25.2. The third-order valence-corrected chi connectivity index (χ3v) is 8.67. The molecule has 0 spiro atoms. The minimum absolute atomic E-state index is 0.0273. The van der Waals surface area contributed by atoms with Gasteiger partial charge in [-0.2, -0.15) is 0 Å². The molecule has 2 aromatic carbocycles. The van der Waals surface area contributed by atoms with Gasteiger partial charge in [-0.1, -0.05) is 34.9 Å². The van der Waals surface area contributed by atoms with Crippen LogP contribution in [0.2, 0.25) is 5.02 Å². The molecule has 1 aliphatic heterocycles. The van der Waals surface area contributed by atoms with Crippen LogP contribution in [-0.4, -0.2) is 31.7 Å². The van der Waals surface area contributed by atoms with E-state index in [1.165, 1.54) is 12.1 Å². The van der Waals surface area contributed by atoms with Gasteiger partial charge in [0.25, 0.3) is 10.0 Å². The molecule has 4 rings (SSSR count). The van der Waals surface area contributed by atoms with Crippen molar-refractivity contribution in [2.45, 2.75) is 38.1 Å². The van der Waals surface area contributed by atoms with E-state index >= 15 is 0 Å². The molecule has 2 atom stereocenters. The number of rotatable bonds is 5.